The van der Waals surface area contributed by atoms with Gasteiger partial charge in [-0.25, -0.2) is 4.79 Å². The van der Waals surface area contributed by atoms with E-state index in [1.54, 1.807) is 0 Å². The van der Waals surface area contributed by atoms with E-state index in [0.29, 0.717) is 17.4 Å². The van der Waals surface area contributed by atoms with Crippen molar-refractivity contribution in [3.05, 3.63) is 72.9 Å². The fourth-order valence-corrected chi connectivity index (χ4v) is 9.39. The van der Waals surface area contributed by atoms with Gasteiger partial charge in [0.1, 0.15) is 13.2 Å². The third-order valence-electron chi connectivity index (χ3n) is 14.4. The zero-order chi connectivity index (χ0) is 57.6. The standard InChI is InChI=1S/C70H125NO8/c1-6-8-10-12-14-16-18-20-22-24-25-26-27-28-29-30-31-32-33-34-35-36-37-38-39-40-41-42-43-45-47-49-51-53-55-57-59-61-68(73)79-66(65-78-70(69(74)75)76-63-62-71(3,4)5)64-77-67(72)60-58-56-54-52-50-48-46-44-23-21-19-17-15-13-11-9-7-2/h8,10,14,16,20-23,25-26,28-29,66,70H,6-7,9,11-13,15,17-19,24,27,30-65H2,1-5H3/p+1/b10-8-,16-14-,22-20-,23-21-,26-25-,29-28-. The molecule has 0 bridgehead atoms. The Morgan fingerprint density at radius 2 is 0.722 bits per heavy atom. The SMILES string of the molecule is CC/C=C\C/C=C\C/C=C\C/C=C\C/C=C\CCCCCCCCCCCCCCCCCCCCCCCC(=O)OC(COC(=O)CCCCCCCCC/C=C\CCCCCCCC)COC(OCC[N+](C)(C)C)C(=O)O. The van der Waals surface area contributed by atoms with Crippen LogP contribution in [0.2, 0.25) is 0 Å². The van der Waals surface area contributed by atoms with Crippen LogP contribution in [0.5, 0.6) is 0 Å². The number of carboxylic acid groups (broad SMARTS) is 1. The number of unbranched alkanes of at least 4 members (excludes halogenated alkanes) is 34. The van der Waals surface area contributed by atoms with Crippen molar-refractivity contribution >= 4 is 17.9 Å². The molecule has 1 N–H and O–H groups in total. The van der Waals surface area contributed by atoms with Gasteiger partial charge in [0.2, 0.25) is 0 Å². The summed E-state index contributed by atoms with van der Waals surface area (Å²) in [6, 6.07) is 0. The maximum absolute atomic E-state index is 12.9. The van der Waals surface area contributed by atoms with E-state index in [0.717, 1.165) is 70.6 Å². The van der Waals surface area contributed by atoms with Gasteiger partial charge in [0.15, 0.2) is 6.10 Å². The summed E-state index contributed by atoms with van der Waals surface area (Å²) in [6.45, 7) is 4.79. The lowest BCUT2D eigenvalue weighted by atomic mass is 10.0. The molecule has 79 heavy (non-hydrogen) atoms. The van der Waals surface area contributed by atoms with Crippen LogP contribution in [0, 0.1) is 0 Å². The number of carbonyl (C=O) groups excluding carboxylic acids is 2. The van der Waals surface area contributed by atoms with E-state index in [-0.39, 0.29) is 32.2 Å². The summed E-state index contributed by atoms with van der Waals surface area (Å²) in [5.74, 6) is -2.00. The lowest BCUT2D eigenvalue weighted by Crippen LogP contribution is -2.40. The van der Waals surface area contributed by atoms with Crippen molar-refractivity contribution in [2.24, 2.45) is 0 Å². The minimum atomic E-state index is -1.51. The van der Waals surface area contributed by atoms with Crippen LogP contribution >= 0.6 is 0 Å². The lowest BCUT2D eigenvalue weighted by molar-refractivity contribution is -0.870. The predicted octanol–water partition coefficient (Wildman–Crippen LogP) is 20.1. The molecule has 0 saturated heterocycles. The van der Waals surface area contributed by atoms with Crippen molar-refractivity contribution in [1.82, 2.24) is 0 Å². The molecule has 0 spiro atoms. The molecule has 0 heterocycles. The number of quaternary nitrogens is 1. The van der Waals surface area contributed by atoms with Gasteiger partial charge in [0.05, 0.1) is 34.4 Å². The Hall–Kier alpha value is -3.27. The summed E-state index contributed by atoms with van der Waals surface area (Å²) < 4.78 is 22.9. The Labute approximate surface area is 487 Å². The first-order valence-electron chi connectivity index (χ1n) is 33.1. The lowest BCUT2D eigenvalue weighted by Gasteiger charge is -2.25. The van der Waals surface area contributed by atoms with Crippen molar-refractivity contribution < 1.29 is 42.9 Å². The number of ether oxygens (including phenoxy) is 4. The predicted molar refractivity (Wildman–Crippen MR) is 336 cm³/mol. The molecule has 0 aliphatic rings. The van der Waals surface area contributed by atoms with Gasteiger partial charge in [-0.3, -0.25) is 9.59 Å². The second kappa shape index (κ2) is 60.8. The van der Waals surface area contributed by atoms with Gasteiger partial charge in [-0.1, -0.05) is 273 Å². The van der Waals surface area contributed by atoms with E-state index in [1.165, 1.54) is 199 Å². The van der Waals surface area contributed by atoms with Gasteiger partial charge in [-0.05, 0) is 83.5 Å². The molecule has 9 nitrogen and oxygen atoms in total. The first kappa shape index (κ1) is 75.7. The molecule has 2 atom stereocenters. The molecule has 0 fully saturated rings. The molecule has 0 aromatic rings. The average Bonchev–Trinajstić information content (AvgIpc) is 3.42. The molecular formula is C70H126NO8+. The molecule has 2 unspecified atom stereocenters. The maximum Gasteiger partial charge on any atom is 0.361 e. The minimum Gasteiger partial charge on any atom is -0.477 e. The molecular weight excluding hydrogens is 983 g/mol. The normalized spacial score (nSPS) is 13.2. The topological polar surface area (TPSA) is 108 Å². The summed E-state index contributed by atoms with van der Waals surface area (Å²) in [5.41, 5.74) is 0. The zero-order valence-corrected chi connectivity index (χ0v) is 52.3. The number of hydrogen-bond acceptors (Lipinski definition) is 7. The van der Waals surface area contributed by atoms with E-state index in [9.17, 15) is 19.5 Å². The Bertz CT molecular complexity index is 1520. The van der Waals surface area contributed by atoms with Crippen molar-refractivity contribution in [2.45, 2.75) is 309 Å². The van der Waals surface area contributed by atoms with Crippen LogP contribution in [0.15, 0.2) is 72.9 Å². The van der Waals surface area contributed by atoms with Crippen molar-refractivity contribution in [3.8, 4) is 0 Å². The number of nitrogens with zero attached hydrogens (tertiary/aromatic N) is 1. The molecule has 0 aliphatic heterocycles. The average molecular weight is 1110 g/mol. The molecule has 9 heteroatoms. The second-order valence-corrected chi connectivity index (χ2v) is 23.4. The van der Waals surface area contributed by atoms with E-state index in [2.05, 4.69) is 86.8 Å². The van der Waals surface area contributed by atoms with E-state index < -0.39 is 24.3 Å². The molecule has 0 rings (SSSR count). The van der Waals surface area contributed by atoms with Gasteiger partial charge in [-0.15, -0.1) is 0 Å². The number of carbonyl (C=O) groups is 3. The van der Waals surface area contributed by atoms with Crippen LogP contribution in [0.1, 0.15) is 296 Å². The first-order chi connectivity index (χ1) is 38.6. The summed E-state index contributed by atoms with van der Waals surface area (Å²) in [4.78, 5) is 37.5. The van der Waals surface area contributed by atoms with Crippen LogP contribution in [0.3, 0.4) is 0 Å². The van der Waals surface area contributed by atoms with Crippen LogP contribution in [-0.4, -0.2) is 87.4 Å². The monoisotopic (exact) mass is 1110 g/mol. The Morgan fingerprint density at radius 1 is 0.392 bits per heavy atom. The minimum absolute atomic E-state index is 0.182. The Kier molecular flexibility index (Phi) is 58.3. The molecule has 0 amide bonds. The molecule has 0 aromatic carbocycles. The molecule has 0 aliphatic carbocycles. The highest BCUT2D eigenvalue weighted by Crippen LogP contribution is 2.17. The van der Waals surface area contributed by atoms with Gasteiger partial charge in [0, 0.05) is 12.8 Å². The molecule has 0 radical (unpaired) electrons. The van der Waals surface area contributed by atoms with Crippen molar-refractivity contribution in [3.63, 3.8) is 0 Å². The van der Waals surface area contributed by atoms with E-state index in [4.69, 9.17) is 18.9 Å². The molecule has 458 valence electrons. The van der Waals surface area contributed by atoms with E-state index in [1.807, 2.05) is 21.1 Å². The summed E-state index contributed by atoms with van der Waals surface area (Å²) in [7, 11) is 5.98. The summed E-state index contributed by atoms with van der Waals surface area (Å²) in [5, 5.41) is 9.72. The summed E-state index contributed by atoms with van der Waals surface area (Å²) >= 11 is 0. The number of aliphatic carboxylic acids is 1. The zero-order valence-electron chi connectivity index (χ0n) is 52.3. The molecule has 0 saturated carbocycles. The third kappa shape index (κ3) is 62.2. The van der Waals surface area contributed by atoms with Crippen LogP contribution in [0.4, 0.5) is 0 Å². The van der Waals surface area contributed by atoms with Crippen LogP contribution in [0.25, 0.3) is 0 Å². The van der Waals surface area contributed by atoms with Crippen molar-refractivity contribution in [2.75, 3.05) is 47.5 Å². The number of carboxylic acids is 1. The summed E-state index contributed by atoms with van der Waals surface area (Å²) in [6.07, 6.45) is 77.3. The second-order valence-electron chi connectivity index (χ2n) is 23.4. The van der Waals surface area contributed by atoms with Crippen LogP contribution in [-0.2, 0) is 33.3 Å². The number of hydrogen-bond donors (Lipinski definition) is 1. The highest BCUT2D eigenvalue weighted by Gasteiger charge is 2.25. The van der Waals surface area contributed by atoms with Gasteiger partial charge in [-0.2, -0.15) is 0 Å². The highest BCUT2D eigenvalue weighted by atomic mass is 16.7. The third-order valence-corrected chi connectivity index (χ3v) is 14.4. The Morgan fingerprint density at radius 3 is 1.09 bits per heavy atom. The fraction of sp³-hybridized carbons (Fsp3) is 0.786. The largest absolute Gasteiger partial charge is 0.477 e. The number of rotatable bonds is 61. The fourth-order valence-electron chi connectivity index (χ4n) is 9.39. The van der Waals surface area contributed by atoms with Crippen molar-refractivity contribution in [1.29, 1.82) is 0 Å². The van der Waals surface area contributed by atoms with Gasteiger partial charge in [0.25, 0.3) is 6.29 Å². The number of likely N-dealkylation sites (N-methyl/N-ethyl adjacent to an activating group) is 1. The molecule has 0 aromatic heterocycles. The quantitative estimate of drug-likeness (QED) is 0.0211. The number of esters is 2. The highest BCUT2D eigenvalue weighted by molar-refractivity contribution is 5.71. The van der Waals surface area contributed by atoms with E-state index >= 15 is 0 Å². The van der Waals surface area contributed by atoms with Crippen LogP contribution < -0.4 is 0 Å². The van der Waals surface area contributed by atoms with Gasteiger partial charge < -0.3 is 28.5 Å². The smallest absolute Gasteiger partial charge is 0.361 e. The van der Waals surface area contributed by atoms with Gasteiger partial charge >= 0.3 is 17.9 Å². The maximum atomic E-state index is 12.9. The Balaban J connectivity index is 4.03. The first-order valence-corrected chi connectivity index (χ1v) is 33.1. The number of allylic oxidation sites excluding steroid dienone is 12.